The lowest BCUT2D eigenvalue weighted by molar-refractivity contribution is -0.136. The molecule has 1 aliphatic rings. The molecule has 4 nitrogen and oxygen atoms in total. The van der Waals surface area contributed by atoms with E-state index in [2.05, 4.69) is 18.7 Å². The fourth-order valence-electron chi connectivity index (χ4n) is 2.89. The molecule has 18 heavy (non-hydrogen) atoms. The predicted molar refractivity (Wildman–Crippen MR) is 75.4 cm³/mol. The summed E-state index contributed by atoms with van der Waals surface area (Å²) < 4.78 is 0. The number of piperidine rings is 1. The Hall–Kier alpha value is -0.610. The summed E-state index contributed by atoms with van der Waals surface area (Å²) in [6.45, 7) is 11.0. The van der Waals surface area contributed by atoms with E-state index in [0.29, 0.717) is 12.6 Å². The molecule has 1 unspecified atom stereocenters. The number of hydrogen-bond donors (Lipinski definition) is 1. The van der Waals surface area contributed by atoms with E-state index >= 15 is 0 Å². The number of hydrogen-bond acceptors (Lipinski definition) is 3. The highest BCUT2D eigenvalue weighted by atomic mass is 16.2. The molecule has 1 fully saturated rings. The molecule has 1 heterocycles. The van der Waals surface area contributed by atoms with Crippen molar-refractivity contribution in [3.8, 4) is 0 Å². The molecule has 0 spiro atoms. The van der Waals surface area contributed by atoms with Crippen molar-refractivity contribution in [2.45, 2.75) is 46.1 Å². The van der Waals surface area contributed by atoms with Crippen LogP contribution in [0.15, 0.2) is 0 Å². The quantitative estimate of drug-likeness (QED) is 0.778. The first-order chi connectivity index (χ1) is 8.67. The number of nitrogens with zero attached hydrogens (tertiary/aromatic N) is 2. The third kappa shape index (κ3) is 3.69. The summed E-state index contributed by atoms with van der Waals surface area (Å²) in [4.78, 5) is 16.7. The van der Waals surface area contributed by atoms with Crippen LogP contribution in [0.4, 0.5) is 0 Å². The van der Waals surface area contributed by atoms with Crippen LogP contribution in [0.5, 0.6) is 0 Å². The zero-order chi connectivity index (χ0) is 13.5. The maximum atomic E-state index is 12.2. The molecule has 1 rings (SSSR count). The SMILES string of the molecule is CCC(CN)C(=O)N1CCC(N(CC)CC)CC1. The van der Waals surface area contributed by atoms with E-state index in [1.807, 2.05) is 11.8 Å². The van der Waals surface area contributed by atoms with E-state index in [9.17, 15) is 4.79 Å². The Morgan fingerprint density at radius 1 is 1.28 bits per heavy atom. The minimum Gasteiger partial charge on any atom is -0.342 e. The number of likely N-dealkylation sites (tertiary alicyclic amines) is 1. The average Bonchev–Trinajstić information content (AvgIpc) is 2.42. The van der Waals surface area contributed by atoms with Crippen LogP contribution in [0.25, 0.3) is 0 Å². The standard InChI is InChI=1S/C14H29N3O/c1-4-12(11-15)14(18)17-9-7-13(8-10-17)16(5-2)6-3/h12-13H,4-11,15H2,1-3H3. The van der Waals surface area contributed by atoms with Crippen molar-refractivity contribution in [2.75, 3.05) is 32.7 Å². The Morgan fingerprint density at radius 2 is 1.83 bits per heavy atom. The van der Waals surface area contributed by atoms with Gasteiger partial charge in [-0.15, -0.1) is 0 Å². The molecular weight excluding hydrogens is 226 g/mol. The Balaban J connectivity index is 2.45. The summed E-state index contributed by atoms with van der Waals surface area (Å²) in [6, 6.07) is 0.655. The van der Waals surface area contributed by atoms with Gasteiger partial charge < -0.3 is 15.5 Å². The first-order valence-electron chi connectivity index (χ1n) is 7.40. The number of carbonyl (C=O) groups excluding carboxylic acids is 1. The molecule has 1 atom stereocenters. The zero-order valence-corrected chi connectivity index (χ0v) is 12.2. The topological polar surface area (TPSA) is 49.6 Å². The molecule has 4 heteroatoms. The fraction of sp³-hybridized carbons (Fsp3) is 0.929. The average molecular weight is 255 g/mol. The van der Waals surface area contributed by atoms with Crippen LogP contribution in [0, 0.1) is 5.92 Å². The molecule has 1 saturated heterocycles. The number of rotatable bonds is 6. The lowest BCUT2D eigenvalue weighted by atomic mass is 9.99. The van der Waals surface area contributed by atoms with Gasteiger partial charge in [-0.25, -0.2) is 0 Å². The molecule has 0 saturated carbocycles. The summed E-state index contributed by atoms with van der Waals surface area (Å²) >= 11 is 0. The van der Waals surface area contributed by atoms with E-state index in [0.717, 1.165) is 45.4 Å². The molecule has 0 aliphatic carbocycles. The van der Waals surface area contributed by atoms with Crippen molar-refractivity contribution in [2.24, 2.45) is 11.7 Å². The number of nitrogens with two attached hydrogens (primary N) is 1. The molecule has 2 N–H and O–H groups in total. The summed E-state index contributed by atoms with van der Waals surface area (Å²) in [7, 11) is 0. The third-order valence-electron chi connectivity index (χ3n) is 4.23. The second kappa shape index (κ2) is 7.74. The largest absolute Gasteiger partial charge is 0.342 e. The Morgan fingerprint density at radius 3 is 2.22 bits per heavy atom. The summed E-state index contributed by atoms with van der Waals surface area (Å²) in [5, 5.41) is 0. The molecule has 0 aromatic rings. The van der Waals surface area contributed by atoms with E-state index in [1.54, 1.807) is 0 Å². The lowest BCUT2D eigenvalue weighted by Gasteiger charge is -2.38. The lowest BCUT2D eigenvalue weighted by Crippen LogP contribution is -2.48. The number of amides is 1. The van der Waals surface area contributed by atoms with Gasteiger partial charge in [-0.3, -0.25) is 4.79 Å². The molecule has 106 valence electrons. The zero-order valence-electron chi connectivity index (χ0n) is 12.2. The maximum Gasteiger partial charge on any atom is 0.226 e. The van der Waals surface area contributed by atoms with Crippen LogP contribution in [0.2, 0.25) is 0 Å². The van der Waals surface area contributed by atoms with Gasteiger partial charge in [0.25, 0.3) is 0 Å². The summed E-state index contributed by atoms with van der Waals surface area (Å²) in [6.07, 6.45) is 3.06. The van der Waals surface area contributed by atoms with Gasteiger partial charge in [-0.2, -0.15) is 0 Å². The highest BCUT2D eigenvalue weighted by molar-refractivity contribution is 5.79. The molecule has 0 bridgehead atoms. The molecule has 1 aliphatic heterocycles. The van der Waals surface area contributed by atoms with Crippen molar-refractivity contribution < 1.29 is 4.79 Å². The van der Waals surface area contributed by atoms with Gasteiger partial charge in [-0.1, -0.05) is 20.8 Å². The van der Waals surface area contributed by atoms with Gasteiger partial charge in [0.2, 0.25) is 5.91 Å². The Kier molecular flexibility index (Phi) is 6.65. The van der Waals surface area contributed by atoms with Crippen molar-refractivity contribution in [1.82, 2.24) is 9.80 Å². The van der Waals surface area contributed by atoms with Crippen molar-refractivity contribution >= 4 is 5.91 Å². The van der Waals surface area contributed by atoms with Crippen molar-refractivity contribution in [3.63, 3.8) is 0 Å². The van der Waals surface area contributed by atoms with E-state index < -0.39 is 0 Å². The summed E-state index contributed by atoms with van der Waals surface area (Å²) in [5.41, 5.74) is 5.65. The molecule has 0 aromatic heterocycles. The Bertz CT molecular complexity index is 241. The predicted octanol–water partition coefficient (Wildman–Crippen LogP) is 1.30. The van der Waals surface area contributed by atoms with Gasteiger partial charge in [0.15, 0.2) is 0 Å². The van der Waals surface area contributed by atoms with E-state index in [-0.39, 0.29) is 11.8 Å². The van der Waals surface area contributed by atoms with Gasteiger partial charge in [0.1, 0.15) is 0 Å². The van der Waals surface area contributed by atoms with Gasteiger partial charge in [0, 0.05) is 25.7 Å². The van der Waals surface area contributed by atoms with Crippen LogP contribution in [-0.4, -0.2) is 54.5 Å². The number of carbonyl (C=O) groups is 1. The van der Waals surface area contributed by atoms with Gasteiger partial charge >= 0.3 is 0 Å². The van der Waals surface area contributed by atoms with E-state index in [1.165, 1.54) is 0 Å². The van der Waals surface area contributed by atoms with Gasteiger partial charge in [-0.05, 0) is 32.4 Å². The summed E-state index contributed by atoms with van der Waals surface area (Å²) in [5.74, 6) is 0.285. The second-order valence-corrected chi connectivity index (χ2v) is 5.12. The van der Waals surface area contributed by atoms with Crippen LogP contribution < -0.4 is 5.73 Å². The minimum absolute atomic E-state index is 0.0232. The van der Waals surface area contributed by atoms with Crippen LogP contribution >= 0.6 is 0 Å². The smallest absolute Gasteiger partial charge is 0.226 e. The molecule has 0 radical (unpaired) electrons. The van der Waals surface area contributed by atoms with Crippen LogP contribution in [-0.2, 0) is 4.79 Å². The fourth-order valence-corrected chi connectivity index (χ4v) is 2.89. The van der Waals surface area contributed by atoms with Crippen molar-refractivity contribution in [1.29, 1.82) is 0 Å². The monoisotopic (exact) mass is 255 g/mol. The van der Waals surface area contributed by atoms with Crippen LogP contribution in [0.1, 0.15) is 40.0 Å². The second-order valence-electron chi connectivity index (χ2n) is 5.12. The molecule has 1 amide bonds. The highest BCUT2D eigenvalue weighted by Crippen LogP contribution is 2.18. The highest BCUT2D eigenvalue weighted by Gasteiger charge is 2.28. The Labute approximate surface area is 111 Å². The third-order valence-corrected chi connectivity index (χ3v) is 4.23. The van der Waals surface area contributed by atoms with Crippen LogP contribution in [0.3, 0.4) is 0 Å². The minimum atomic E-state index is 0.0232. The first-order valence-corrected chi connectivity index (χ1v) is 7.40. The normalized spacial score (nSPS) is 19.3. The van der Waals surface area contributed by atoms with Gasteiger partial charge in [0.05, 0.1) is 5.92 Å². The molecule has 0 aromatic carbocycles. The molecular formula is C14H29N3O. The van der Waals surface area contributed by atoms with Crippen molar-refractivity contribution in [3.05, 3.63) is 0 Å². The maximum absolute atomic E-state index is 12.2. The first kappa shape index (κ1) is 15.4. The van der Waals surface area contributed by atoms with E-state index in [4.69, 9.17) is 5.73 Å².